The fraction of sp³-hybridized carbons (Fsp3) is 0.143. The van der Waals surface area contributed by atoms with Gasteiger partial charge < -0.3 is 0 Å². The maximum atomic E-state index is 12.8. The Morgan fingerprint density at radius 1 is 1.00 bits per heavy atom. The van der Waals surface area contributed by atoms with Crippen LogP contribution in [0.4, 0.5) is 4.39 Å². The second-order valence-electron chi connectivity index (χ2n) is 3.83. The van der Waals surface area contributed by atoms with E-state index in [0.717, 1.165) is 11.1 Å². The maximum Gasteiger partial charge on any atom is 0.123 e. The van der Waals surface area contributed by atoms with Gasteiger partial charge in [0, 0.05) is 0 Å². The van der Waals surface area contributed by atoms with Crippen LogP contribution in [0.1, 0.15) is 22.1 Å². The normalized spacial score (nSPS) is 12.4. The van der Waals surface area contributed by atoms with Crippen molar-refractivity contribution in [1.29, 1.82) is 0 Å². The first-order valence-electron chi connectivity index (χ1n) is 5.13. The highest BCUT2D eigenvalue weighted by atomic mass is 35.5. The second-order valence-corrected chi connectivity index (χ2v) is 4.26. The summed E-state index contributed by atoms with van der Waals surface area (Å²) in [7, 11) is 0. The highest BCUT2D eigenvalue weighted by Gasteiger charge is 2.10. The van der Waals surface area contributed by atoms with Gasteiger partial charge >= 0.3 is 0 Å². The van der Waals surface area contributed by atoms with Crippen molar-refractivity contribution in [2.75, 3.05) is 0 Å². The molecule has 2 rings (SSSR count). The molecular weight excluding hydrogens is 223 g/mol. The molecule has 0 saturated carbocycles. The Morgan fingerprint density at radius 3 is 2.31 bits per heavy atom. The topological polar surface area (TPSA) is 0 Å². The van der Waals surface area contributed by atoms with Crippen molar-refractivity contribution in [1.82, 2.24) is 0 Å². The summed E-state index contributed by atoms with van der Waals surface area (Å²) in [6.45, 7) is 2.03. The molecule has 0 bridgehead atoms. The summed E-state index contributed by atoms with van der Waals surface area (Å²) in [6, 6.07) is 14.3. The molecule has 2 aromatic rings. The van der Waals surface area contributed by atoms with Crippen molar-refractivity contribution in [3.05, 3.63) is 71.0 Å². The molecule has 0 fully saturated rings. The molecule has 0 unspecified atom stereocenters. The fourth-order valence-corrected chi connectivity index (χ4v) is 1.93. The minimum absolute atomic E-state index is 0.222. The molecule has 0 amide bonds. The third-order valence-corrected chi connectivity index (χ3v) is 3.00. The van der Waals surface area contributed by atoms with Gasteiger partial charge in [0.05, 0.1) is 5.38 Å². The van der Waals surface area contributed by atoms with Crippen LogP contribution in [-0.4, -0.2) is 0 Å². The van der Waals surface area contributed by atoms with E-state index in [1.165, 1.54) is 17.7 Å². The van der Waals surface area contributed by atoms with Crippen molar-refractivity contribution < 1.29 is 4.39 Å². The fourth-order valence-electron chi connectivity index (χ4n) is 1.65. The SMILES string of the molecule is Cc1cccc([C@@H](Cl)c2ccc(F)cc2)c1. The van der Waals surface area contributed by atoms with Gasteiger partial charge in [0.1, 0.15) is 5.82 Å². The minimum Gasteiger partial charge on any atom is -0.207 e. The van der Waals surface area contributed by atoms with Gasteiger partial charge in [-0.3, -0.25) is 0 Å². The molecule has 0 aliphatic carbocycles. The highest BCUT2D eigenvalue weighted by Crippen LogP contribution is 2.29. The van der Waals surface area contributed by atoms with E-state index in [-0.39, 0.29) is 11.2 Å². The van der Waals surface area contributed by atoms with Crippen LogP contribution in [-0.2, 0) is 0 Å². The van der Waals surface area contributed by atoms with Crippen molar-refractivity contribution >= 4 is 11.6 Å². The van der Waals surface area contributed by atoms with Crippen LogP contribution in [0.15, 0.2) is 48.5 Å². The minimum atomic E-state index is -0.239. The number of rotatable bonds is 2. The number of benzene rings is 2. The van der Waals surface area contributed by atoms with Gasteiger partial charge in [0.2, 0.25) is 0 Å². The third-order valence-electron chi connectivity index (χ3n) is 2.50. The Hall–Kier alpha value is -1.34. The summed E-state index contributed by atoms with van der Waals surface area (Å²) in [5, 5.41) is -0.222. The summed E-state index contributed by atoms with van der Waals surface area (Å²) in [6.07, 6.45) is 0. The van der Waals surface area contributed by atoms with Crippen LogP contribution < -0.4 is 0 Å². The van der Waals surface area contributed by atoms with E-state index in [9.17, 15) is 4.39 Å². The van der Waals surface area contributed by atoms with E-state index in [0.29, 0.717) is 0 Å². The lowest BCUT2D eigenvalue weighted by atomic mass is 10.0. The van der Waals surface area contributed by atoms with Crippen LogP contribution in [0.5, 0.6) is 0 Å². The van der Waals surface area contributed by atoms with Crippen LogP contribution in [0, 0.1) is 12.7 Å². The predicted octanol–water partition coefficient (Wildman–Crippen LogP) is 4.46. The summed E-state index contributed by atoms with van der Waals surface area (Å²) in [5.41, 5.74) is 3.12. The second kappa shape index (κ2) is 4.67. The first kappa shape index (κ1) is 11.2. The molecule has 0 saturated heterocycles. The standard InChI is InChI=1S/C14H12ClF/c1-10-3-2-4-12(9-10)14(15)11-5-7-13(16)8-6-11/h2-9,14H,1H3/t14-/m0/s1. The van der Waals surface area contributed by atoms with E-state index >= 15 is 0 Å². The van der Waals surface area contributed by atoms with Crippen molar-refractivity contribution in [3.8, 4) is 0 Å². The van der Waals surface area contributed by atoms with Gasteiger partial charge in [-0.05, 0) is 30.2 Å². The molecular formula is C14H12ClF. The average Bonchev–Trinajstić information content (AvgIpc) is 2.29. The number of hydrogen-bond acceptors (Lipinski definition) is 0. The van der Waals surface area contributed by atoms with Gasteiger partial charge in [-0.15, -0.1) is 11.6 Å². The number of alkyl halides is 1. The molecule has 1 atom stereocenters. The Balaban J connectivity index is 2.31. The lowest BCUT2D eigenvalue weighted by molar-refractivity contribution is 0.627. The molecule has 2 aromatic carbocycles. The lowest BCUT2D eigenvalue weighted by Crippen LogP contribution is -1.93. The molecule has 0 heterocycles. The lowest BCUT2D eigenvalue weighted by Gasteiger charge is -2.10. The zero-order valence-electron chi connectivity index (χ0n) is 8.95. The predicted molar refractivity (Wildman–Crippen MR) is 65.3 cm³/mol. The molecule has 0 radical (unpaired) electrons. The Kier molecular flexibility index (Phi) is 3.25. The smallest absolute Gasteiger partial charge is 0.123 e. The summed E-state index contributed by atoms with van der Waals surface area (Å²) < 4.78 is 12.8. The molecule has 0 nitrogen and oxygen atoms in total. The molecule has 2 heteroatoms. The molecule has 82 valence electrons. The van der Waals surface area contributed by atoms with Crippen LogP contribution in [0.2, 0.25) is 0 Å². The number of halogens is 2. The monoisotopic (exact) mass is 234 g/mol. The summed E-state index contributed by atoms with van der Waals surface area (Å²) >= 11 is 6.33. The van der Waals surface area contributed by atoms with Crippen LogP contribution in [0.3, 0.4) is 0 Å². The molecule has 0 N–H and O–H groups in total. The first-order valence-corrected chi connectivity index (χ1v) is 5.56. The molecule has 0 aliphatic heterocycles. The first-order chi connectivity index (χ1) is 7.66. The van der Waals surface area contributed by atoms with E-state index in [4.69, 9.17) is 11.6 Å². The molecule has 16 heavy (non-hydrogen) atoms. The van der Waals surface area contributed by atoms with E-state index in [1.807, 2.05) is 31.2 Å². The number of aryl methyl sites for hydroxylation is 1. The molecule has 0 spiro atoms. The van der Waals surface area contributed by atoms with Crippen LogP contribution in [0.25, 0.3) is 0 Å². The van der Waals surface area contributed by atoms with E-state index < -0.39 is 0 Å². The van der Waals surface area contributed by atoms with E-state index in [2.05, 4.69) is 0 Å². The summed E-state index contributed by atoms with van der Waals surface area (Å²) in [4.78, 5) is 0. The van der Waals surface area contributed by atoms with Gasteiger partial charge in [0.25, 0.3) is 0 Å². The van der Waals surface area contributed by atoms with E-state index in [1.54, 1.807) is 12.1 Å². The van der Waals surface area contributed by atoms with Gasteiger partial charge in [-0.25, -0.2) is 4.39 Å². The third kappa shape index (κ3) is 2.42. The Bertz CT molecular complexity index is 476. The van der Waals surface area contributed by atoms with Crippen molar-refractivity contribution in [3.63, 3.8) is 0 Å². The van der Waals surface area contributed by atoms with Crippen molar-refractivity contribution in [2.24, 2.45) is 0 Å². The average molecular weight is 235 g/mol. The molecule has 0 aliphatic rings. The van der Waals surface area contributed by atoms with Crippen LogP contribution >= 0.6 is 11.6 Å². The Morgan fingerprint density at radius 2 is 1.69 bits per heavy atom. The molecule has 0 aromatic heterocycles. The highest BCUT2D eigenvalue weighted by molar-refractivity contribution is 6.22. The van der Waals surface area contributed by atoms with Gasteiger partial charge in [0.15, 0.2) is 0 Å². The quantitative estimate of drug-likeness (QED) is 0.673. The van der Waals surface area contributed by atoms with Gasteiger partial charge in [-0.2, -0.15) is 0 Å². The largest absolute Gasteiger partial charge is 0.207 e. The number of hydrogen-bond donors (Lipinski definition) is 0. The van der Waals surface area contributed by atoms with Gasteiger partial charge in [-0.1, -0.05) is 42.0 Å². The van der Waals surface area contributed by atoms with Crippen molar-refractivity contribution in [2.45, 2.75) is 12.3 Å². The maximum absolute atomic E-state index is 12.8. The zero-order valence-corrected chi connectivity index (χ0v) is 9.71. The zero-order chi connectivity index (χ0) is 11.5. The summed E-state index contributed by atoms with van der Waals surface area (Å²) in [5.74, 6) is -0.239. The Labute approximate surface area is 99.7 Å².